The smallest absolute Gasteiger partial charge is 0.396 e. The molecule has 0 spiro atoms. The second-order valence-corrected chi connectivity index (χ2v) is 5.19. The normalized spacial score (nSPS) is 12.9. The van der Waals surface area contributed by atoms with Crippen molar-refractivity contribution in [3.05, 3.63) is 16.8 Å². The fourth-order valence-corrected chi connectivity index (χ4v) is 2.78. The van der Waals surface area contributed by atoms with Crippen LogP contribution >= 0.6 is 11.3 Å². The number of pyridine rings is 1. The molecule has 0 unspecified atom stereocenters. The van der Waals surface area contributed by atoms with Crippen molar-refractivity contribution in [3.63, 3.8) is 0 Å². The number of fused-ring (bicyclic) bond motifs is 1. The lowest BCUT2D eigenvalue weighted by Gasteiger charge is -2.16. The molecule has 0 aliphatic heterocycles. The number of aromatic nitrogens is 1. The maximum atomic E-state index is 13.3. The Kier molecular flexibility index (Phi) is 3.85. The number of nitriles is 1. The minimum Gasteiger partial charge on any atom is -0.396 e. The SMILES string of the molecule is N#CN=Cc1c(C(F)(F)F)nc2sc(N)c(N)c2c1C(F)(F)F. The van der Waals surface area contributed by atoms with E-state index in [9.17, 15) is 26.3 Å². The first-order chi connectivity index (χ1) is 10.5. The van der Waals surface area contributed by atoms with Crippen LogP contribution in [-0.2, 0) is 12.4 Å². The Hall–Kier alpha value is -2.55. The molecular formula is C11H5F6N5S. The zero-order valence-corrected chi connectivity index (χ0v) is 11.6. The molecule has 0 bridgehead atoms. The van der Waals surface area contributed by atoms with Crippen LogP contribution in [0.5, 0.6) is 0 Å². The van der Waals surface area contributed by atoms with Gasteiger partial charge in [-0.15, -0.1) is 0 Å². The zero-order valence-electron chi connectivity index (χ0n) is 10.7. The van der Waals surface area contributed by atoms with E-state index in [0.717, 1.165) is 6.19 Å². The topological polar surface area (TPSA) is 101 Å². The fraction of sp³-hybridized carbons (Fsp3) is 0.182. The molecule has 2 aromatic rings. The molecule has 0 aliphatic rings. The lowest BCUT2D eigenvalue weighted by Crippen LogP contribution is -2.19. The van der Waals surface area contributed by atoms with Crippen molar-refractivity contribution in [3.8, 4) is 6.19 Å². The molecule has 12 heteroatoms. The van der Waals surface area contributed by atoms with E-state index in [1.165, 1.54) is 0 Å². The highest BCUT2D eigenvalue weighted by atomic mass is 32.1. The third kappa shape index (κ3) is 2.87. The van der Waals surface area contributed by atoms with Crippen molar-refractivity contribution in [1.82, 2.24) is 4.98 Å². The molecule has 0 atom stereocenters. The predicted octanol–water partition coefficient (Wildman–Crippen LogP) is 3.40. The fourth-order valence-electron chi connectivity index (χ4n) is 1.91. The predicted molar refractivity (Wildman–Crippen MR) is 71.7 cm³/mol. The largest absolute Gasteiger partial charge is 0.434 e. The lowest BCUT2D eigenvalue weighted by molar-refractivity contribution is -0.144. The number of hydrogen-bond acceptors (Lipinski definition) is 6. The van der Waals surface area contributed by atoms with Gasteiger partial charge < -0.3 is 11.5 Å². The molecule has 4 N–H and O–H groups in total. The Morgan fingerprint density at radius 2 is 1.74 bits per heavy atom. The van der Waals surface area contributed by atoms with Gasteiger partial charge in [-0.05, 0) is 0 Å². The van der Waals surface area contributed by atoms with Crippen LogP contribution < -0.4 is 11.5 Å². The summed E-state index contributed by atoms with van der Waals surface area (Å²) >= 11 is 0.404. The molecule has 122 valence electrons. The van der Waals surface area contributed by atoms with Crippen molar-refractivity contribution in [2.75, 3.05) is 11.5 Å². The summed E-state index contributed by atoms with van der Waals surface area (Å²) in [6.45, 7) is 0. The highest BCUT2D eigenvalue weighted by Gasteiger charge is 2.44. The van der Waals surface area contributed by atoms with Gasteiger partial charge in [-0.3, -0.25) is 0 Å². The van der Waals surface area contributed by atoms with E-state index in [1.807, 2.05) is 0 Å². The van der Waals surface area contributed by atoms with Crippen molar-refractivity contribution in [2.45, 2.75) is 12.4 Å². The van der Waals surface area contributed by atoms with Crippen LogP contribution in [0.2, 0.25) is 0 Å². The van der Waals surface area contributed by atoms with Gasteiger partial charge in [-0.2, -0.15) is 36.6 Å². The summed E-state index contributed by atoms with van der Waals surface area (Å²) in [5, 5.41) is 7.28. The van der Waals surface area contributed by atoms with Gasteiger partial charge in [0.2, 0.25) is 6.19 Å². The van der Waals surface area contributed by atoms with Gasteiger partial charge in [0.1, 0.15) is 9.83 Å². The molecule has 5 nitrogen and oxygen atoms in total. The molecule has 2 aromatic heterocycles. The van der Waals surface area contributed by atoms with Crippen LogP contribution in [0.1, 0.15) is 16.8 Å². The van der Waals surface area contributed by atoms with E-state index in [-0.39, 0.29) is 11.2 Å². The summed E-state index contributed by atoms with van der Waals surface area (Å²) in [5.41, 5.74) is 5.43. The maximum absolute atomic E-state index is 13.3. The van der Waals surface area contributed by atoms with Crippen LogP contribution in [-0.4, -0.2) is 11.2 Å². The Morgan fingerprint density at radius 1 is 1.13 bits per heavy atom. The number of anilines is 2. The van der Waals surface area contributed by atoms with Gasteiger partial charge in [-0.25, -0.2) is 4.98 Å². The Labute approximate surface area is 127 Å². The lowest BCUT2D eigenvalue weighted by atomic mass is 10.0. The van der Waals surface area contributed by atoms with Crippen molar-refractivity contribution in [1.29, 1.82) is 5.26 Å². The average Bonchev–Trinajstić information content (AvgIpc) is 2.68. The van der Waals surface area contributed by atoms with Gasteiger partial charge in [0.05, 0.1) is 11.3 Å². The number of aliphatic imine (C=N–C) groups is 1. The monoisotopic (exact) mass is 353 g/mol. The van der Waals surface area contributed by atoms with E-state index in [2.05, 4.69) is 9.98 Å². The Morgan fingerprint density at radius 3 is 2.22 bits per heavy atom. The zero-order chi connectivity index (χ0) is 17.6. The van der Waals surface area contributed by atoms with Crippen molar-refractivity contribution in [2.24, 2.45) is 4.99 Å². The molecule has 0 fully saturated rings. The van der Waals surface area contributed by atoms with Crippen LogP contribution in [0, 0.1) is 11.5 Å². The number of nitrogens with two attached hydrogens (primary N) is 2. The molecular weight excluding hydrogens is 348 g/mol. The van der Waals surface area contributed by atoms with Crippen LogP contribution in [0.4, 0.5) is 37.0 Å². The highest BCUT2D eigenvalue weighted by Crippen LogP contribution is 2.47. The van der Waals surface area contributed by atoms with Crippen LogP contribution in [0.15, 0.2) is 4.99 Å². The van der Waals surface area contributed by atoms with Gasteiger partial charge in [0, 0.05) is 17.2 Å². The molecule has 0 amide bonds. The highest BCUT2D eigenvalue weighted by molar-refractivity contribution is 7.23. The number of rotatable bonds is 1. The summed E-state index contributed by atoms with van der Waals surface area (Å²) in [7, 11) is 0. The number of nitrogens with zero attached hydrogens (tertiary/aromatic N) is 3. The van der Waals surface area contributed by atoms with E-state index >= 15 is 0 Å². The number of thiophene rings is 1. The maximum Gasteiger partial charge on any atom is 0.434 e. The van der Waals surface area contributed by atoms with E-state index in [0.29, 0.717) is 11.3 Å². The molecule has 0 radical (unpaired) electrons. The van der Waals surface area contributed by atoms with E-state index < -0.39 is 45.1 Å². The molecule has 0 saturated carbocycles. The standard InChI is InChI=1S/C11H5F6N5S/c12-10(13,14)5-3(1-21-2-18)7(11(15,16)17)22-9-4(5)6(19)8(20)23-9/h1H,19-20H2. The molecule has 2 heterocycles. The van der Waals surface area contributed by atoms with Crippen LogP contribution in [0.25, 0.3) is 10.2 Å². The number of nitrogen functional groups attached to an aromatic ring is 2. The van der Waals surface area contributed by atoms with Gasteiger partial charge in [-0.1, -0.05) is 11.3 Å². The Balaban J connectivity index is 3.09. The third-order valence-electron chi connectivity index (χ3n) is 2.75. The van der Waals surface area contributed by atoms with Crippen molar-refractivity contribution >= 4 is 38.5 Å². The number of hydrogen-bond donors (Lipinski definition) is 2. The summed E-state index contributed by atoms with van der Waals surface area (Å²) in [5.74, 6) is 0. The summed E-state index contributed by atoms with van der Waals surface area (Å²) in [6, 6.07) is 0. The number of alkyl halides is 6. The quantitative estimate of drug-likeness (QED) is 0.466. The molecule has 0 aromatic carbocycles. The summed E-state index contributed by atoms with van der Waals surface area (Å²) < 4.78 is 79.1. The minimum atomic E-state index is -5.20. The molecule has 2 rings (SSSR count). The second-order valence-electron chi connectivity index (χ2n) is 4.16. The van der Waals surface area contributed by atoms with Crippen molar-refractivity contribution < 1.29 is 26.3 Å². The van der Waals surface area contributed by atoms with Crippen LogP contribution in [0.3, 0.4) is 0 Å². The van der Waals surface area contributed by atoms with E-state index in [1.54, 1.807) is 0 Å². The van der Waals surface area contributed by atoms with E-state index in [4.69, 9.17) is 16.7 Å². The van der Waals surface area contributed by atoms with Gasteiger partial charge in [0.25, 0.3) is 0 Å². The molecule has 23 heavy (non-hydrogen) atoms. The average molecular weight is 353 g/mol. The second kappa shape index (κ2) is 5.27. The Bertz CT molecular complexity index is 842. The first-order valence-electron chi connectivity index (χ1n) is 5.56. The van der Waals surface area contributed by atoms with Gasteiger partial charge in [0.15, 0.2) is 5.69 Å². The van der Waals surface area contributed by atoms with Gasteiger partial charge >= 0.3 is 12.4 Å². The summed E-state index contributed by atoms with van der Waals surface area (Å²) in [6.07, 6.45) is -9.14. The molecule has 0 aliphatic carbocycles. The third-order valence-corrected chi connectivity index (χ3v) is 3.68. The summed E-state index contributed by atoms with van der Waals surface area (Å²) in [4.78, 5) is 5.39. The first kappa shape index (κ1) is 16.8. The minimum absolute atomic E-state index is 0.158. The first-order valence-corrected chi connectivity index (χ1v) is 6.38. The number of halogens is 6. The molecule has 0 saturated heterocycles.